The van der Waals surface area contributed by atoms with Gasteiger partial charge in [-0.25, -0.2) is 8.78 Å². The van der Waals surface area contributed by atoms with Crippen LogP contribution in [-0.4, -0.2) is 53.6 Å². The van der Waals surface area contributed by atoms with Gasteiger partial charge in [-0.15, -0.1) is 0 Å². The summed E-state index contributed by atoms with van der Waals surface area (Å²) < 4.78 is 36.2. The van der Waals surface area contributed by atoms with E-state index in [-0.39, 0.29) is 50.6 Å². The average Bonchev–Trinajstić information content (AvgIpc) is 2.77. The van der Waals surface area contributed by atoms with E-state index < -0.39 is 17.5 Å². The van der Waals surface area contributed by atoms with Gasteiger partial charge in [0.25, 0.3) is 5.91 Å². The van der Waals surface area contributed by atoms with Crippen molar-refractivity contribution in [3.8, 4) is 16.9 Å². The second-order valence-corrected chi connectivity index (χ2v) is 10.7. The Bertz CT molecular complexity index is 1330. The van der Waals surface area contributed by atoms with Gasteiger partial charge in [0.05, 0.1) is 28.9 Å². The van der Waals surface area contributed by atoms with Gasteiger partial charge in [-0.2, -0.15) is 0 Å². The van der Waals surface area contributed by atoms with E-state index in [1.54, 1.807) is 0 Å². The zero-order valence-corrected chi connectivity index (χ0v) is 22.1. The highest BCUT2D eigenvalue weighted by atomic mass is 35.5. The number of primary amides is 1. The van der Waals surface area contributed by atoms with Crippen molar-refractivity contribution in [2.75, 3.05) is 25.1 Å². The van der Waals surface area contributed by atoms with Crippen molar-refractivity contribution in [1.29, 1.82) is 0 Å². The number of carbonyl (C=O) groups excluding carboxylic acids is 1. The van der Waals surface area contributed by atoms with Crippen LogP contribution in [0.15, 0.2) is 30.5 Å². The van der Waals surface area contributed by atoms with Crippen LogP contribution in [-0.2, 0) is 0 Å². The number of anilines is 1. The number of halogens is 3. The number of hydrogen-bond donors (Lipinski definition) is 1. The van der Waals surface area contributed by atoms with Crippen LogP contribution in [0.3, 0.4) is 0 Å². The van der Waals surface area contributed by atoms with Crippen LogP contribution in [0.2, 0.25) is 5.02 Å². The lowest BCUT2D eigenvalue weighted by molar-refractivity contribution is 0.0361. The molecule has 0 radical (unpaired) electrons. The molecule has 2 atom stereocenters. The van der Waals surface area contributed by atoms with E-state index in [0.29, 0.717) is 24.2 Å². The van der Waals surface area contributed by atoms with Gasteiger partial charge in [0.15, 0.2) is 5.82 Å². The molecular formula is C27H31ClF2N4O2. The van der Waals surface area contributed by atoms with Crippen molar-refractivity contribution in [3.05, 3.63) is 52.7 Å². The number of aromatic nitrogens is 1. The van der Waals surface area contributed by atoms with Crippen molar-refractivity contribution >= 4 is 34.1 Å². The maximum Gasteiger partial charge on any atom is 0.252 e. The third-order valence-corrected chi connectivity index (χ3v) is 7.04. The minimum atomic E-state index is -0.799. The highest BCUT2D eigenvalue weighted by molar-refractivity contribution is 6.34. The van der Waals surface area contributed by atoms with Gasteiger partial charge >= 0.3 is 0 Å². The Morgan fingerprint density at radius 3 is 2.36 bits per heavy atom. The number of nitrogens with two attached hydrogens (primary N) is 1. The van der Waals surface area contributed by atoms with Crippen molar-refractivity contribution in [3.63, 3.8) is 0 Å². The molecule has 4 rings (SSSR count). The standard InChI is InChI=1S/C27H31ClF2N4O2/c1-14-12-33(13-15(2)34(14)27(3,4)5)25-16-10-18(28)21(22-19(29)8-7-9-20(22)36-6)23(30)24(16)32-11-17(25)26(31)35/h7-11,14-15H,12-13H2,1-6H3,(H2,31,35)/t14-,15+. The van der Waals surface area contributed by atoms with E-state index in [4.69, 9.17) is 22.1 Å². The third kappa shape index (κ3) is 4.37. The van der Waals surface area contributed by atoms with E-state index in [9.17, 15) is 9.18 Å². The molecule has 6 nitrogen and oxygen atoms in total. The van der Waals surface area contributed by atoms with Gasteiger partial charge in [0.1, 0.15) is 17.1 Å². The number of pyridine rings is 1. The molecule has 1 saturated heterocycles. The lowest BCUT2D eigenvalue weighted by Gasteiger charge is -2.51. The van der Waals surface area contributed by atoms with Gasteiger partial charge < -0.3 is 15.4 Å². The number of benzene rings is 2. The first-order valence-corrected chi connectivity index (χ1v) is 12.2. The van der Waals surface area contributed by atoms with E-state index in [1.807, 2.05) is 4.90 Å². The molecule has 2 heterocycles. The summed E-state index contributed by atoms with van der Waals surface area (Å²) in [4.78, 5) is 21.1. The molecule has 0 aliphatic carbocycles. The van der Waals surface area contributed by atoms with E-state index in [0.717, 1.165) is 0 Å². The normalized spacial score (nSPS) is 19.1. The van der Waals surface area contributed by atoms with E-state index in [1.165, 1.54) is 37.6 Å². The number of methoxy groups -OCH3 is 1. The summed E-state index contributed by atoms with van der Waals surface area (Å²) in [7, 11) is 1.38. The van der Waals surface area contributed by atoms with Gasteiger partial charge in [-0.1, -0.05) is 17.7 Å². The lowest BCUT2D eigenvalue weighted by atomic mass is 9.95. The van der Waals surface area contributed by atoms with E-state index >= 15 is 4.39 Å². The Balaban J connectivity index is 1.95. The molecule has 0 saturated carbocycles. The fourth-order valence-corrected chi connectivity index (χ4v) is 6.03. The molecule has 0 spiro atoms. The zero-order chi connectivity index (χ0) is 26.5. The Hall–Kier alpha value is -2.97. The third-order valence-electron chi connectivity index (χ3n) is 6.75. The molecule has 1 aromatic heterocycles. The van der Waals surface area contributed by atoms with Gasteiger partial charge in [0, 0.05) is 47.9 Å². The quantitative estimate of drug-likeness (QED) is 0.486. The first-order valence-electron chi connectivity index (χ1n) is 11.8. The van der Waals surface area contributed by atoms with E-state index in [2.05, 4.69) is 44.5 Å². The van der Waals surface area contributed by atoms with Crippen LogP contribution < -0.4 is 15.4 Å². The number of fused-ring (bicyclic) bond motifs is 1. The summed E-state index contributed by atoms with van der Waals surface area (Å²) in [6, 6.07) is 6.02. The molecule has 0 unspecified atom stereocenters. The Labute approximate surface area is 215 Å². The predicted molar refractivity (Wildman–Crippen MR) is 140 cm³/mol. The minimum absolute atomic E-state index is 0.0255. The maximum absolute atomic E-state index is 16.1. The van der Waals surface area contributed by atoms with Crippen molar-refractivity contribution in [2.24, 2.45) is 5.73 Å². The molecule has 2 N–H and O–H groups in total. The summed E-state index contributed by atoms with van der Waals surface area (Å²) in [5.41, 5.74) is 6.06. The van der Waals surface area contributed by atoms with Gasteiger partial charge in [-0.3, -0.25) is 14.7 Å². The number of ether oxygens (including phenoxy) is 1. The fourth-order valence-electron chi connectivity index (χ4n) is 5.75. The molecular weight excluding hydrogens is 486 g/mol. The molecule has 192 valence electrons. The number of amides is 1. The number of hydrogen-bond acceptors (Lipinski definition) is 5. The summed E-state index contributed by atoms with van der Waals surface area (Å²) in [5, 5.41) is 0.318. The molecule has 1 fully saturated rings. The van der Waals surface area contributed by atoms with Crippen LogP contribution in [0.4, 0.5) is 14.5 Å². The SMILES string of the molecule is COc1cccc(F)c1-c1c(Cl)cc2c(N3C[C@@H](C)N(C(C)(C)C)[C@@H](C)C3)c(C(N)=O)cnc2c1F. The molecule has 3 aromatic rings. The van der Waals surface area contributed by atoms with Crippen molar-refractivity contribution in [1.82, 2.24) is 9.88 Å². The monoisotopic (exact) mass is 516 g/mol. The lowest BCUT2D eigenvalue weighted by Crippen LogP contribution is -2.62. The minimum Gasteiger partial charge on any atom is -0.496 e. The first-order chi connectivity index (χ1) is 16.9. The summed E-state index contributed by atoms with van der Waals surface area (Å²) in [6.07, 6.45) is 1.28. The molecule has 0 bridgehead atoms. The summed E-state index contributed by atoms with van der Waals surface area (Å²) in [6.45, 7) is 11.9. The molecule has 2 aromatic carbocycles. The average molecular weight is 517 g/mol. The van der Waals surface area contributed by atoms with Gasteiger partial charge in [0.2, 0.25) is 0 Å². The number of nitrogens with zero attached hydrogens (tertiary/aromatic N) is 3. The second kappa shape index (κ2) is 9.48. The van der Waals surface area contributed by atoms with Crippen LogP contribution >= 0.6 is 11.6 Å². The predicted octanol–water partition coefficient (Wildman–Crippen LogP) is 5.64. The maximum atomic E-state index is 16.1. The number of piperazine rings is 1. The Morgan fingerprint density at radius 2 is 1.81 bits per heavy atom. The molecule has 36 heavy (non-hydrogen) atoms. The zero-order valence-electron chi connectivity index (χ0n) is 21.3. The highest BCUT2D eigenvalue weighted by Gasteiger charge is 2.38. The molecule has 1 aliphatic rings. The largest absolute Gasteiger partial charge is 0.496 e. The van der Waals surface area contributed by atoms with Crippen molar-refractivity contribution in [2.45, 2.75) is 52.2 Å². The number of carbonyl (C=O) groups is 1. The fraction of sp³-hybridized carbons (Fsp3) is 0.407. The molecule has 1 aliphatic heterocycles. The highest BCUT2D eigenvalue weighted by Crippen LogP contribution is 2.44. The smallest absolute Gasteiger partial charge is 0.252 e. The van der Waals surface area contributed by atoms with Gasteiger partial charge in [-0.05, 0) is 52.8 Å². The van der Waals surface area contributed by atoms with Crippen LogP contribution in [0.1, 0.15) is 45.0 Å². The Kier molecular flexibility index (Phi) is 6.88. The van der Waals surface area contributed by atoms with Crippen LogP contribution in [0.25, 0.3) is 22.0 Å². The summed E-state index contributed by atoms with van der Waals surface area (Å²) in [5.74, 6) is -2.00. The molecule has 9 heteroatoms. The first kappa shape index (κ1) is 26.1. The Morgan fingerprint density at radius 1 is 1.17 bits per heavy atom. The summed E-state index contributed by atoms with van der Waals surface area (Å²) >= 11 is 6.59. The van der Waals surface area contributed by atoms with Crippen LogP contribution in [0, 0.1) is 11.6 Å². The van der Waals surface area contributed by atoms with Crippen LogP contribution in [0.5, 0.6) is 5.75 Å². The van der Waals surface area contributed by atoms with Crippen molar-refractivity contribution < 1.29 is 18.3 Å². The number of rotatable bonds is 4. The second-order valence-electron chi connectivity index (χ2n) is 10.3. The topological polar surface area (TPSA) is 71.7 Å². The molecule has 1 amide bonds.